The number of carbonyl (C=O) groups excluding carboxylic acids is 4. The molecule has 0 saturated heterocycles. The summed E-state index contributed by atoms with van der Waals surface area (Å²) in [5.41, 5.74) is 0. The van der Waals surface area contributed by atoms with Crippen LogP contribution in [0.15, 0.2) is 134 Å². The van der Waals surface area contributed by atoms with Crippen molar-refractivity contribution >= 4 is 39.5 Å². The zero-order valence-electron chi connectivity index (χ0n) is 65.2. The van der Waals surface area contributed by atoms with E-state index >= 15 is 0 Å². The maximum atomic E-state index is 13.1. The summed E-state index contributed by atoms with van der Waals surface area (Å²) >= 11 is 0. The number of hydrogen-bond donors (Lipinski definition) is 3. The summed E-state index contributed by atoms with van der Waals surface area (Å²) in [5.74, 6) is -2.25. The van der Waals surface area contributed by atoms with Crippen LogP contribution in [0.4, 0.5) is 0 Å². The molecule has 5 atom stereocenters. The number of ether oxygens (including phenoxy) is 4. The minimum atomic E-state index is -5.00. The van der Waals surface area contributed by atoms with Crippen LogP contribution in [0.5, 0.6) is 0 Å². The molecule has 17 nitrogen and oxygen atoms in total. The summed E-state index contributed by atoms with van der Waals surface area (Å²) in [6.45, 7) is 4.48. The first kappa shape index (κ1) is 99.2. The van der Waals surface area contributed by atoms with Crippen molar-refractivity contribution in [2.75, 3.05) is 39.6 Å². The van der Waals surface area contributed by atoms with Crippen molar-refractivity contribution in [2.45, 2.75) is 341 Å². The normalized spacial score (nSPS) is 14.6. The Morgan fingerprint density at radius 2 is 0.500 bits per heavy atom. The van der Waals surface area contributed by atoms with Crippen molar-refractivity contribution in [1.82, 2.24) is 0 Å². The molecule has 0 bridgehead atoms. The number of hydrogen-bond acceptors (Lipinski definition) is 15. The van der Waals surface area contributed by atoms with Gasteiger partial charge in [0.05, 0.1) is 26.4 Å². The Bertz CT molecular complexity index is 2490. The highest BCUT2D eigenvalue weighted by atomic mass is 31.2. The van der Waals surface area contributed by atoms with E-state index in [2.05, 4.69) is 161 Å². The molecule has 0 aromatic carbocycles. The van der Waals surface area contributed by atoms with Crippen LogP contribution in [0.3, 0.4) is 0 Å². The molecule has 596 valence electrons. The molecule has 0 saturated carbocycles. The van der Waals surface area contributed by atoms with Gasteiger partial charge < -0.3 is 33.8 Å². The zero-order valence-corrected chi connectivity index (χ0v) is 66.9. The Balaban J connectivity index is 5.41. The molecule has 0 rings (SSSR count). The first-order valence-corrected chi connectivity index (χ1v) is 43.4. The molecule has 3 N–H and O–H groups in total. The highest BCUT2D eigenvalue weighted by molar-refractivity contribution is 7.47. The number of allylic oxidation sites excluding steroid dienone is 22. The summed E-state index contributed by atoms with van der Waals surface area (Å²) in [7, 11) is -9.98. The van der Waals surface area contributed by atoms with Crippen molar-refractivity contribution in [3.05, 3.63) is 134 Å². The van der Waals surface area contributed by atoms with Gasteiger partial charge in [-0.3, -0.25) is 37.3 Å². The standard InChI is InChI=1S/C85H144O17P2/c1-5-9-13-17-21-25-29-33-37-39-43-45-49-53-57-61-65-69-82(87)95-75-80(101-84(89)71-67-63-59-55-51-47-41-35-31-27-23-19-15-11-7-3)77-99-103(91,92)97-73-79(86)74-98-104(93,94)100-78-81(102-85(90)72-68-64-60-56-52-48-42-36-32-28-24-20-16-12-8-4)76-96-83(88)70-66-62-58-54-50-46-44-40-38-34-30-26-22-18-14-10-6-2/h9-11,13-15,21-23,25-27,33-38,41-42,51,55,79-81,86H,5-8,12,16-20,24,28-32,39-40,43-50,52-54,56-78H2,1-4H3,(H,91,92)(H,93,94)/b13-9-,14-10-,15-11-,25-21-,26-22-,27-23-,37-33-,38-34-,41-35-,42-36-,55-51-. The van der Waals surface area contributed by atoms with Gasteiger partial charge in [0.2, 0.25) is 0 Å². The third-order valence-corrected chi connectivity index (χ3v) is 18.5. The quantitative estimate of drug-likeness (QED) is 0.0169. The van der Waals surface area contributed by atoms with Gasteiger partial charge in [-0.1, -0.05) is 277 Å². The lowest BCUT2D eigenvalue weighted by Gasteiger charge is -2.21. The van der Waals surface area contributed by atoms with Gasteiger partial charge in [-0.2, -0.15) is 0 Å². The minimum Gasteiger partial charge on any atom is -0.462 e. The zero-order chi connectivity index (χ0) is 76.0. The lowest BCUT2D eigenvalue weighted by atomic mass is 10.1. The third kappa shape index (κ3) is 75.4. The average molecular weight is 1500 g/mol. The number of phosphoric ester groups is 2. The summed E-state index contributed by atoms with van der Waals surface area (Å²) < 4.78 is 68.6. The Morgan fingerprint density at radius 3 is 0.798 bits per heavy atom. The van der Waals surface area contributed by atoms with Crippen LogP contribution in [-0.4, -0.2) is 96.7 Å². The largest absolute Gasteiger partial charge is 0.472 e. The van der Waals surface area contributed by atoms with E-state index in [1.807, 2.05) is 0 Å². The average Bonchev–Trinajstić information content (AvgIpc) is 1.21. The van der Waals surface area contributed by atoms with E-state index < -0.39 is 97.5 Å². The topological polar surface area (TPSA) is 237 Å². The second kappa shape index (κ2) is 76.4. The van der Waals surface area contributed by atoms with Crippen molar-refractivity contribution in [3.63, 3.8) is 0 Å². The number of esters is 4. The summed E-state index contributed by atoms with van der Waals surface area (Å²) in [4.78, 5) is 73.1. The molecule has 0 aliphatic carbocycles. The highest BCUT2D eigenvalue weighted by Gasteiger charge is 2.30. The lowest BCUT2D eigenvalue weighted by molar-refractivity contribution is -0.161. The van der Waals surface area contributed by atoms with Crippen LogP contribution in [0.1, 0.15) is 323 Å². The van der Waals surface area contributed by atoms with Crippen LogP contribution in [0.2, 0.25) is 0 Å². The van der Waals surface area contributed by atoms with Crippen molar-refractivity contribution in [3.8, 4) is 0 Å². The fourth-order valence-corrected chi connectivity index (χ4v) is 12.1. The van der Waals surface area contributed by atoms with Gasteiger partial charge in [-0.15, -0.1) is 0 Å². The van der Waals surface area contributed by atoms with Crippen molar-refractivity contribution < 1.29 is 80.2 Å². The monoisotopic (exact) mass is 1500 g/mol. The molecular formula is C85H144O17P2. The second-order valence-electron chi connectivity index (χ2n) is 26.6. The van der Waals surface area contributed by atoms with Gasteiger partial charge in [0, 0.05) is 25.7 Å². The van der Waals surface area contributed by atoms with Gasteiger partial charge in [-0.05, 0) is 154 Å². The molecular weight excluding hydrogens is 1350 g/mol. The summed E-state index contributed by atoms with van der Waals surface area (Å²) in [6.07, 6.45) is 85.7. The summed E-state index contributed by atoms with van der Waals surface area (Å²) in [6, 6.07) is 0. The number of unbranched alkanes of at least 4 members (excludes halogenated alkanes) is 27. The molecule has 0 fully saturated rings. The lowest BCUT2D eigenvalue weighted by Crippen LogP contribution is -2.30. The van der Waals surface area contributed by atoms with Crippen molar-refractivity contribution in [1.29, 1.82) is 0 Å². The van der Waals surface area contributed by atoms with Crippen LogP contribution in [-0.2, 0) is 65.4 Å². The van der Waals surface area contributed by atoms with Gasteiger partial charge in [-0.25, -0.2) is 9.13 Å². The molecule has 0 aliphatic heterocycles. The van der Waals surface area contributed by atoms with E-state index in [1.165, 1.54) is 38.5 Å². The van der Waals surface area contributed by atoms with Gasteiger partial charge in [0.1, 0.15) is 19.3 Å². The van der Waals surface area contributed by atoms with Gasteiger partial charge in [0.15, 0.2) is 12.2 Å². The third-order valence-electron chi connectivity index (χ3n) is 16.6. The number of phosphoric acid groups is 2. The number of rotatable bonds is 75. The Hall–Kier alpha value is -4.80. The van der Waals surface area contributed by atoms with Gasteiger partial charge >= 0.3 is 39.5 Å². The molecule has 0 spiro atoms. The van der Waals surface area contributed by atoms with E-state index in [4.69, 9.17) is 37.0 Å². The Kier molecular flexibility index (Phi) is 72.9. The van der Waals surface area contributed by atoms with Crippen LogP contribution >= 0.6 is 15.6 Å². The molecule has 5 unspecified atom stereocenters. The number of aliphatic hydroxyl groups excluding tert-OH is 1. The second-order valence-corrected chi connectivity index (χ2v) is 29.5. The molecule has 0 aromatic heterocycles. The highest BCUT2D eigenvalue weighted by Crippen LogP contribution is 2.45. The van der Waals surface area contributed by atoms with Crippen LogP contribution in [0, 0.1) is 0 Å². The molecule has 19 heteroatoms. The van der Waals surface area contributed by atoms with E-state index in [0.717, 1.165) is 199 Å². The smallest absolute Gasteiger partial charge is 0.462 e. The molecule has 0 aromatic rings. The molecule has 0 radical (unpaired) electrons. The van der Waals surface area contributed by atoms with Crippen LogP contribution < -0.4 is 0 Å². The van der Waals surface area contributed by atoms with E-state index in [9.17, 15) is 43.2 Å². The Morgan fingerprint density at radius 1 is 0.279 bits per heavy atom. The first-order valence-electron chi connectivity index (χ1n) is 40.4. The number of carbonyl (C=O) groups is 4. The summed E-state index contributed by atoms with van der Waals surface area (Å²) in [5, 5.41) is 10.6. The van der Waals surface area contributed by atoms with Gasteiger partial charge in [0.25, 0.3) is 0 Å². The molecule has 0 aliphatic rings. The maximum absolute atomic E-state index is 13.1. The number of aliphatic hydroxyl groups is 1. The van der Waals surface area contributed by atoms with E-state index in [0.29, 0.717) is 32.1 Å². The maximum Gasteiger partial charge on any atom is 0.472 e. The first-order chi connectivity index (χ1) is 50.7. The fraction of sp³-hybridized carbons (Fsp3) is 0.694. The fourth-order valence-electron chi connectivity index (χ4n) is 10.5. The minimum absolute atomic E-state index is 0.0374. The van der Waals surface area contributed by atoms with E-state index in [-0.39, 0.29) is 25.7 Å². The van der Waals surface area contributed by atoms with E-state index in [1.54, 1.807) is 0 Å². The van der Waals surface area contributed by atoms with Crippen LogP contribution in [0.25, 0.3) is 0 Å². The predicted molar refractivity (Wildman–Crippen MR) is 427 cm³/mol. The SMILES string of the molecule is CC/C=C\C/C=C\C/C=C\C/C=C\CCCCC(=O)OC(COC(=O)CCCCCCCCC/C=C\C/C=C\C/C=C\CC)COP(=O)(O)OCC(O)COP(=O)(O)OCC(COC(=O)CCCCCCCCC/C=C\C/C=C\C/C=C\CC)OC(=O)CCCCCCC/C=C\CCCCCCCC. The Labute approximate surface area is 631 Å². The predicted octanol–water partition coefficient (Wildman–Crippen LogP) is 23.7. The van der Waals surface area contributed by atoms with Crippen molar-refractivity contribution in [2.24, 2.45) is 0 Å². The molecule has 0 amide bonds. The molecule has 0 heterocycles. The molecule has 104 heavy (non-hydrogen) atoms.